The Balaban J connectivity index is 1.63. The van der Waals surface area contributed by atoms with Gasteiger partial charge in [0.05, 0.1) is 12.1 Å². The molecule has 0 radical (unpaired) electrons. The molecule has 0 bridgehead atoms. The van der Waals surface area contributed by atoms with Gasteiger partial charge in [-0.15, -0.1) is 5.10 Å². The van der Waals surface area contributed by atoms with Crippen LogP contribution < -0.4 is 5.32 Å². The van der Waals surface area contributed by atoms with Gasteiger partial charge in [0, 0.05) is 19.6 Å². The Kier molecular flexibility index (Phi) is 3.92. The Morgan fingerprint density at radius 1 is 1.43 bits per heavy atom. The molecule has 0 saturated carbocycles. The zero-order valence-electron chi connectivity index (χ0n) is 11.9. The van der Waals surface area contributed by atoms with Crippen molar-refractivity contribution < 1.29 is 4.79 Å². The highest BCUT2D eigenvalue weighted by Crippen LogP contribution is 2.12. The van der Waals surface area contributed by atoms with Gasteiger partial charge in [-0.1, -0.05) is 12.1 Å². The summed E-state index contributed by atoms with van der Waals surface area (Å²) in [7, 11) is 1.88. The van der Waals surface area contributed by atoms with Crippen molar-refractivity contribution in [3.05, 3.63) is 36.2 Å². The summed E-state index contributed by atoms with van der Waals surface area (Å²) < 4.78 is 1.59. The Bertz CT molecular complexity index is 588. The molecule has 0 aliphatic carbocycles. The number of nitrogens with zero attached hydrogens (tertiary/aromatic N) is 5. The predicted molar refractivity (Wildman–Crippen MR) is 76.9 cm³/mol. The summed E-state index contributed by atoms with van der Waals surface area (Å²) in [4.78, 5) is 14.1. The molecule has 1 saturated heterocycles. The van der Waals surface area contributed by atoms with Gasteiger partial charge in [-0.3, -0.25) is 4.79 Å². The van der Waals surface area contributed by atoms with Crippen molar-refractivity contribution in [1.29, 1.82) is 0 Å². The average Bonchev–Trinajstić information content (AvgIpc) is 3.20. The molecule has 1 N–H and O–H groups in total. The normalized spacial score (nSPS) is 17.9. The second-order valence-electron chi connectivity index (χ2n) is 5.25. The second-order valence-corrected chi connectivity index (χ2v) is 5.25. The number of carbonyl (C=O) groups excluding carboxylic acids is 1. The minimum Gasteiger partial charge on any atom is -0.341 e. The minimum absolute atomic E-state index is 0.152. The largest absolute Gasteiger partial charge is 0.341 e. The fourth-order valence-corrected chi connectivity index (χ4v) is 2.52. The SMILES string of the molecule is CN(C(=O)Cc1ccc(-n2cnnn2)cc1)C1CCNC1. The first kappa shape index (κ1) is 13.7. The molecule has 1 aliphatic rings. The number of benzene rings is 1. The lowest BCUT2D eigenvalue weighted by Crippen LogP contribution is -2.39. The molecule has 21 heavy (non-hydrogen) atoms. The van der Waals surface area contributed by atoms with E-state index in [1.165, 1.54) is 0 Å². The number of aromatic nitrogens is 4. The second kappa shape index (κ2) is 6.01. The van der Waals surface area contributed by atoms with Crippen molar-refractivity contribution in [2.75, 3.05) is 20.1 Å². The molecule has 0 spiro atoms. The number of amides is 1. The van der Waals surface area contributed by atoms with Gasteiger partial charge >= 0.3 is 0 Å². The van der Waals surface area contributed by atoms with Gasteiger partial charge in [-0.2, -0.15) is 0 Å². The average molecular weight is 286 g/mol. The summed E-state index contributed by atoms with van der Waals surface area (Å²) in [5.74, 6) is 0.152. The van der Waals surface area contributed by atoms with E-state index in [0.29, 0.717) is 12.5 Å². The van der Waals surface area contributed by atoms with Crippen LogP contribution in [0.2, 0.25) is 0 Å². The highest BCUT2D eigenvalue weighted by Gasteiger charge is 2.22. The topological polar surface area (TPSA) is 75.9 Å². The molecule has 1 aromatic carbocycles. The summed E-state index contributed by atoms with van der Waals surface area (Å²) in [5.41, 5.74) is 1.87. The summed E-state index contributed by atoms with van der Waals surface area (Å²) in [6.07, 6.45) is 2.99. The standard InChI is InChI=1S/C14H18N6O/c1-19(13-6-7-15-9-13)14(21)8-11-2-4-12(5-3-11)20-10-16-17-18-20/h2-5,10,13,15H,6-9H2,1H3. The highest BCUT2D eigenvalue weighted by atomic mass is 16.2. The maximum atomic E-state index is 12.3. The van der Waals surface area contributed by atoms with E-state index in [-0.39, 0.29) is 5.91 Å². The Hall–Kier alpha value is -2.28. The Morgan fingerprint density at radius 3 is 2.86 bits per heavy atom. The number of hydrogen-bond acceptors (Lipinski definition) is 5. The van der Waals surface area contributed by atoms with Gasteiger partial charge < -0.3 is 10.2 Å². The monoisotopic (exact) mass is 286 g/mol. The van der Waals surface area contributed by atoms with Gasteiger partial charge in [-0.05, 0) is 41.1 Å². The van der Waals surface area contributed by atoms with E-state index >= 15 is 0 Å². The fourth-order valence-electron chi connectivity index (χ4n) is 2.52. The molecule has 2 heterocycles. The Labute approximate surface area is 122 Å². The molecule has 7 heteroatoms. The summed E-state index contributed by atoms with van der Waals surface area (Å²) in [6.45, 7) is 1.88. The van der Waals surface area contributed by atoms with Crippen LogP contribution >= 0.6 is 0 Å². The minimum atomic E-state index is 0.152. The summed E-state index contributed by atoms with van der Waals surface area (Å²) in [6, 6.07) is 8.02. The van der Waals surface area contributed by atoms with E-state index in [9.17, 15) is 4.79 Å². The van der Waals surface area contributed by atoms with E-state index in [4.69, 9.17) is 0 Å². The van der Waals surface area contributed by atoms with Crippen molar-refractivity contribution in [2.24, 2.45) is 0 Å². The van der Waals surface area contributed by atoms with Crippen LogP contribution in [0.5, 0.6) is 0 Å². The lowest BCUT2D eigenvalue weighted by atomic mass is 10.1. The van der Waals surface area contributed by atoms with Crippen LogP contribution in [0.3, 0.4) is 0 Å². The number of tetrazole rings is 1. The maximum Gasteiger partial charge on any atom is 0.227 e. The van der Waals surface area contributed by atoms with Crippen molar-refractivity contribution >= 4 is 5.91 Å². The lowest BCUT2D eigenvalue weighted by Gasteiger charge is -2.23. The quantitative estimate of drug-likeness (QED) is 0.858. The molecule has 2 aromatic rings. The van der Waals surface area contributed by atoms with Gasteiger partial charge in [0.1, 0.15) is 6.33 Å². The molecular formula is C14H18N6O. The van der Waals surface area contributed by atoms with Gasteiger partial charge in [0.15, 0.2) is 0 Å². The van der Waals surface area contributed by atoms with Crippen LogP contribution in [0.25, 0.3) is 5.69 Å². The smallest absolute Gasteiger partial charge is 0.227 e. The van der Waals surface area contributed by atoms with Crippen molar-refractivity contribution in [1.82, 2.24) is 30.4 Å². The van der Waals surface area contributed by atoms with E-state index in [2.05, 4.69) is 20.8 Å². The predicted octanol–water partition coefficient (Wildman–Crippen LogP) is 0.0251. The van der Waals surface area contributed by atoms with Crippen LogP contribution in [-0.4, -0.2) is 57.2 Å². The maximum absolute atomic E-state index is 12.3. The summed E-state index contributed by atoms with van der Waals surface area (Å²) in [5, 5.41) is 14.3. The van der Waals surface area contributed by atoms with Gasteiger partial charge in [0.25, 0.3) is 0 Å². The molecule has 1 amide bonds. The number of hydrogen-bond donors (Lipinski definition) is 1. The fraction of sp³-hybridized carbons (Fsp3) is 0.429. The number of nitrogens with one attached hydrogen (secondary N) is 1. The highest BCUT2D eigenvalue weighted by molar-refractivity contribution is 5.79. The third-order valence-corrected chi connectivity index (χ3v) is 3.88. The zero-order valence-corrected chi connectivity index (χ0v) is 11.9. The molecule has 1 aromatic heterocycles. The molecule has 3 rings (SSSR count). The van der Waals surface area contributed by atoms with Crippen LogP contribution in [-0.2, 0) is 11.2 Å². The third-order valence-electron chi connectivity index (χ3n) is 3.88. The van der Waals surface area contributed by atoms with Crippen molar-refractivity contribution in [2.45, 2.75) is 18.9 Å². The molecule has 1 atom stereocenters. The first-order chi connectivity index (χ1) is 10.2. The van der Waals surface area contributed by atoms with Crippen LogP contribution in [0, 0.1) is 0 Å². The number of likely N-dealkylation sites (N-methyl/N-ethyl adjacent to an activating group) is 1. The number of carbonyl (C=O) groups is 1. The van der Waals surface area contributed by atoms with Crippen LogP contribution in [0.1, 0.15) is 12.0 Å². The first-order valence-corrected chi connectivity index (χ1v) is 7.03. The van der Waals surface area contributed by atoms with Gasteiger partial charge in [-0.25, -0.2) is 4.68 Å². The van der Waals surface area contributed by atoms with Crippen molar-refractivity contribution in [3.63, 3.8) is 0 Å². The Morgan fingerprint density at radius 2 is 2.24 bits per heavy atom. The van der Waals surface area contributed by atoms with Crippen LogP contribution in [0.15, 0.2) is 30.6 Å². The van der Waals surface area contributed by atoms with E-state index < -0.39 is 0 Å². The molecule has 7 nitrogen and oxygen atoms in total. The summed E-state index contributed by atoms with van der Waals surface area (Å²) >= 11 is 0. The lowest BCUT2D eigenvalue weighted by molar-refractivity contribution is -0.130. The van der Waals surface area contributed by atoms with E-state index in [1.54, 1.807) is 11.0 Å². The molecular weight excluding hydrogens is 268 g/mol. The van der Waals surface area contributed by atoms with Crippen LogP contribution in [0.4, 0.5) is 0 Å². The molecule has 1 unspecified atom stereocenters. The van der Waals surface area contributed by atoms with Crippen molar-refractivity contribution in [3.8, 4) is 5.69 Å². The van der Waals surface area contributed by atoms with Gasteiger partial charge in [0.2, 0.25) is 5.91 Å². The first-order valence-electron chi connectivity index (χ1n) is 7.03. The zero-order chi connectivity index (χ0) is 14.7. The molecule has 1 fully saturated rings. The third kappa shape index (κ3) is 3.08. The number of rotatable bonds is 4. The van der Waals surface area contributed by atoms with E-state index in [1.807, 2.05) is 36.2 Å². The molecule has 110 valence electrons. The molecule has 1 aliphatic heterocycles. The van der Waals surface area contributed by atoms with E-state index in [0.717, 1.165) is 30.8 Å².